The number of hydrogen-bond donors (Lipinski definition) is 0. The van der Waals surface area contributed by atoms with Gasteiger partial charge in [-0.1, -0.05) is 0 Å². The molecule has 1 rings (SSSR count). The van der Waals surface area contributed by atoms with E-state index in [0.29, 0.717) is 0 Å². The first-order valence-electron chi connectivity index (χ1n) is 2.83. The van der Waals surface area contributed by atoms with Crippen LogP contribution in [0.4, 0.5) is 0 Å². The fourth-order valence-corrected chi connectivity index (χ4v) is 3.13. The van der Waals surface area contributed by atoms with Crippen LogP contribution in [0.2, 0.25) is 0 Å². The molecule has 0 spiro atoms. The third-order valence-electron chi connectivity index (χ3n) is 1.33. The average molecular weight is 132 g/mol. The topological polar surface area (TPSA) is 0 Å². The first kappa shape index (κ1) is 5.86. The van der Waals surface area contributed by atoms with Gasteiger partial charge >= 0.3 is 47.0 Å². The third kappa shape index (κ3) is 1.98. The van der Waals surface area contributed by atoms with Gasteiger partial charge in [0.05, 0.1) is 0 Å². The molecule has 0 N–H and O–H groups in total. The fourth-order valence-electron chi connectivity index (χ4n) is 0.877. The zero-order chi connectivity index (χ0) is 5.11. The van der Waals surface area contributed by atoms with Crippen LogP contribution < -0.4 is 0 Å². The molecule has 0 atom stereocenters. The predicted octanol–water partition coefficient (Wildman–Crippen LogP) is 2.98. The van der Waals surface area contributed by atoms with Crippen LogP contribution in [0.3, 0.4) is 0 Å². The molecule has 1 aliphatic heterocycles. The quantitative estimate of drug-likeness (QED) is 0.444. The van der Waals surface area contributed by atoms with Crippen LogP contribution in [-0.4, -0.2) is 12.3 Å². The van der Waals surface area contributed by atoms with Gasteiger partial charge in [0.15, 0.2) is 0 Å². The molecule has 0 nitrogen and oxygen atoms in total. The van der Waals surface area contributed by atoms with Gasteiger partial charge < -0.3 is 0 Å². The summed E-state index contributed by atoms with van der Waals surface area (Å²) in [7, 11) is 4.63. The molecule has 0 aliphatic carbocycles. The monoisotopic (exact) mass is 132 g/mol. The van der Waals surface area contributed by atoms with Crippen LogP contribution in [0.1, 0.15) is 19.3 Å². The molecule has 1 aliphatic rings. The van der Waals surface area contributed by atoms with E-state index in [4.69, 9.17) is 0 Å². The maximum absolute atomic E-state index is 4.43. The van der Waals surface area contributed by atoms with Crippen molar-refractivity contribution in [3.63, 3.8) is 0 Å². The second kappa shape index (κ2) is 2.90. The van der Waals surface area contributed by atoms with Crippen molar-refractivity contribution in [3.05, 3.63) is 0 Å². The Morgan fingerprint density at radius 3 is 1.86 bits per heavy atom. The summed E-state index contributed by atoms with van der Waals surface area (Å²) in [4.78, 5) is 0. The average Bonchev–Trinajstić information content (AvgIpc) is 1.69. The van der Waals surface area contributed by atoms with Gasteiger partial charge in [-0.15, -0.1) is 0 Å². The molecular formula is C5H10P2. The second-order valence-corrected chi connectivity index (χ2v) is 5.62. The fraction of sp³-hybridized carbons (Fsp3) is 1.00. The Morgan fingerprint density at radius 1 is 1.00 bits per heavy atom. The summed E-state index contributed by atoms with van der Waals surface area (Å²) >= 11 is 0. The molecule has 7 heavy (non-hydrogen) atoms. The Morgan fingerprint density at radius 2 is 1.57 bits per heavy atom. The molecule has 2 heteroatoms. The van der Waals surface area contributed by atoms with Crippen molar-refractivity contribution in [1.82, 2.24) is 0 Å². The summed E-state index contributed by atoms with van der Waals surface area (Å²) in [6.07, 6.45) is 7.17. The van der Waals surface area contributed by atoms with Gasteiger partial charge in [-0.3, -0.25) is 0 Å². The summed E-state index contributed by atoms with van der Waals surface area (Å²) in [5, 5.41) is 0. The van der Waals surface area contributed by atoms with Crippen molar-refractivity contribution < 1.29 is 0 Å². The SMILES string of the molecule is P#P1CCCCC1. The van der Waals surface area contributed by atoms with E-state index < -0.39 is 0 Å². The Hall–Kier alpha value is 0.730. The minimum absolute atomic E-state index is 0.203. The van der Waals surface area contributed by atoms with Gasteiger partial charge in [-0.2, -0.15) is 0 Å². The Labute approximate surface area is 47.7 Å². The predicted molar refractivity (Wildman–Crippen MR) is 37.4 cm³/mol. The molecule has 0 unspecified atom stereocenters. The molecule has 0 saturated carbocycles. The van der Waals surface area contributed by atoms with Crippen LogP contribution in [0.5, 0.6) is 0 Å². The molecular weight excluding hydrogens is 122 g/mol. The Balaban J connectivity index is 2.30. The van der Waals surface area contributed by atoms with Crippen molar-refractivity contribution in [2.24, 2.45) is 0 Å². The van der Waals surface area contributed by atoms with Crippen LogP contribution in [-0.2, 0) is 0 Å². The van der Waals surface area contributed by atoms with Crippen LogP contribution >= 0.6 is 15.4 Å². The normalized spacial score (nSPS) is 22.4. The summed E-state index contributed by atoms with van der Waals surface area (Å²) in [6, 6.07) is 0. The molecule has 0 bridgehead atoms. The Kier molecular flexibility index (Phi) is 2.43. The second-order valence-electron chi connectivity index (χ2n) is 2.01. The first-order chi connectivity index (χ1) is 3.39. The van der Waals surface area contributed by atoms with Crippen molar-refractivity contribution in [2.45, 2.75) is 19.3 Å². The van der Waals surface area contributed by atoms with Gasteiger partial charge in [0.1, 0.15) is 0 Å². The standard InChI is InChI=1S/C5H10P2/c6-7-4-2-1-3-5-7/h1-5H2. The van der Waals surface area contributed by atoms with Crippen LogP contribution in [0.15, 0.2) is 0 Å². The van der Waals surface area contributed by atoms with E-state index >= 15 is 0 Å². The van der Waals surface area contributed by atoms with Gasteiger partial charge in [0.25, 0.3) is 0 Å². The Bertz CT molecular complexity index is 99.0. The molecule has 0 aromatic carbocycles. The third-order valence-corrected chi connectivity index (χ3v) is 4.20. The zero-order valence-electron chi connectivity index (χ0n) is 4.43. The molecule has 0 amide bonds. The van der Waals surface area contributed by atoms with Crippen molar-refractivity contribution in [1.29, 1.82) is 0 Å². The summed E-state index contributed by atoms with van der Waals surface area (Å²) in [5.74, 6) is 0. The number of hydrogen-bond acceptors (Lipinski definition) is 0. The first-order valence-corrected chi connectivity index (χ1v) is 5.70. The molecule has 40 valence electrons. The molecule has 1 fully saturated rings. The molecule has 1 saturated heterocycles. The molecule has 0 aromatic rings. The van der Waals surface area contributed by atoms with E-state index in [1.54, 1.807) is 0 Å². The van der Waals surface area contributed by atoms with Gasteiger partial charge in [0.2, 0.25) is 0 Å². The maximum atomic E-state index is 4.43. The van der Waals surface area contributed by atoms with E-state index in [1.165, 1.54) is 31.6 Å². The van der Waals surface area contributed by atoms with Gasteiger partial charge in [-0.25, -0.2) is 0 Å². The van der Waals surface area contributed by atoms with Crippen LogP contribution in [0, 0.1) is 0 Å². The summed E-state index contributed by atoms with van der Waals surface area (Å²) in [5.41, 5.74) is 0. The zero-order valence-corrected chi connectivity index (χ0v) is 6.22. The summed E-state index contributed by atoms with van der Waals surface area (Å²) < 4.78 is 0. The minimum atomic E-state index is 0.203. The van der Waals surface area contributed by atoms with Crippen molar-refractivity contribution in [3.8, 4) is 0 Å². The molecule has 0 radical (unpaired) electrons. The summed E-state index contributed by atoms with van der Waals surface area (Å²) in [6.45, 7) is 0. The van der Waals surface area contributed by atoms with Crippen molar-refractivity contribution in [2.75, 3.05) is 12.3 Å². The molecule has 1 heterocycles. The van der Waals surface area contributed by atoms with Gasteiger partial charge in [-0.05, 0) is 0 Å². The molecule has 0 aromatic heterocycles. The van der Waals surface area contributed by atoms with E-state index in [2.05, 4.69) is 8.34 Å². The van der Waals surface area contributed by atoms with E-state index in [0.717, 1.165) is 0 Å². The van der Waals surface area contributed by atoms with Crippen molar-refractivity contribution >= 4 is 15.4 Å². The van der Waals surface area contributed by atoms with Crippen LogP contribution in [0.25, 0.3) is 0 Å². The number of rotatable bonds is 0. The van der Waals surface area contributed by atoms with E-state index in [-0.39, 0.29) is 7.02 Å². The van der Waals surface area contributed by atoms with Gasteiger partial charge in [0, 0.05) is 0 Å². The van der Waals surface area contributed by atoms with E-state index in [1.807, 2.05) is 0 Å². The van der Waals surface area contributed by atoms with E-state index in [9.17, 15) is 0 Å².